The maximum Gasteiger partial charge on any atom is 0.333 e. The second-order valence-corrected chi connectivity index (χ2v) is 10.6. The summed E-state index contributed by atoms with van der Waals surface area (Å²) < 4.78 is 17.8. The van der Waals surface area contributed by atoms with Crippen LogP contribution < -0.4 is 4.74 Å². The van der Waals surface area contributed by atoms with Gasteiger partial charge in [-0.2, -0.15) is 0 Å². The molecule has 1 N–H and O–H groups in total. The maximum atomic E-state index is 11.4. The summed E-state index contributed by atoms with van der Waals surface area (Å²) >= 11 is 0. The van der Waals surface area contributed by atoms with Gasteiger partial charge in [0, 0.05) is 13.0 Å². The van der Waals surface area contributed by atoms with Crippen LogP contribution in [0.2, 0.25) is 0 Å². The predicted molar refractivity (Wildman–Crippen MR) is 167 cm³/mol. The summed E-state index contributed by atoms with van der Waals surface area (Å²) in [6.45, 7) is 5.08. The molecule has 5 heteroatoms. The van der Waals surface area contributed by atoms with Crippen LogP contribution in [0.3, 0.4) is 0 Å². The van der Waals surface area contributed by atoms with Gasteiger partial charge in [-0.15, -0.1) is 0 Å². The van der Waals surface area contributed by atoms with E-state index in [0.29, 0.717) is 32.0 Å². The van der Waals surface area contributed by atoms with Crippen LogP contribution in [-0.2, 0) is 33.5 Å². The Balaban J connectivity index is 1.24. The summed E-state index contributed by atoms with van der Waals surface area (Å²) in [5.74, 6) is -0.239. The third-order valence-electron chi connectivity index (χ3n) is 7.57. The fourth-order valence-corrected chi connectivity index (χ4v) is 5.38. The predicted octanol–water partition coefficient (Wildman–Crippen LogP) is 7.48. The molecule has 0 radical (unpaired) electrons. The van der Waals surface area contributed by atoms with Crippen molar-refractivity contribution in [1.29, 1.82) is 0 Å². The van der Waals surface area contributed by atoms with Gasteiger partial charge in [-0.1, -0.05) is 96.6 Å². The molecule has 1 aliphatic rings. The summed E-state index contributed by atoms with van der Waals surface area (Å²) in [4.78, 5) is 11.4. The number of hydrogen-bond acceptors (Lipinski definition) is 4. The van der Waals surface area contributed by atoms with E-state index in [2.05, 4.69) is 85.8 Å². The largest absolute Gasteiger partial charge is 0.491 e. The number of carboxylic acids is 1. The lowest BCUT2D eigenvalue weighted by molar-refractivity contribution is -0.149. The number of rotatable bonds is 13. The van der Waals surface area contributed by atoms with Crippen LogP contribution in [-0.4, -0.2) is 37.0 Å². The number of carboxylic acid groups (broad SMARTS) is 1. The average Bonchev–Trinajstić information content (AvgIpc) is 3.15. The average molecular weight is 563 g/mol. The first-order chi connectivity index (χ1) is 20.5. The van der Waals surface area contributed by atoms with E-state index < -0.39 is 12.1 Å². The molecule has 0 saturated heterocycles. The van der Waals surface area contributed by atoms with E-state index in [4.69, 9.17) is 14.2 Å². The van der Waals surface area contributed by atoms with Gasteiger partial charge in [0.05, 0.1) is 6.61 Å². The second-order valence-electron chi connectivity index (χ2n) is 10.6. The SMILES string of the molecule is CCOC(Cc1ccc(OCCOC2c3ccc(C)cc3C=Cc3cc(CCc4ccccc4)ccc32)cc1)C(=O)O. The van der Waals surface area contributed by atoms with Gasteiger partial charge >= 0.3 is 5.97 Å². The highest BCUT2D eigenvalue weighted by molar-refractivity contribution is 5.77. The minimum Gasteiger partial charge on any atom is -0.491 e. The van der Waals surface area contributed by atoms with Gasteiger partial charge in [-0.3, -0.25) is 0 Å². The van der Waals surface area contributed by atoms with Crippen LogP contribution in [0.5, 0.6) is 5.75 Å². The molecule has 2 atom stereocenters. The van der Waals surface area contributed by atoms with Crippen molar-refractivity contribution in [2.75, 3.05) is 19.8 Å². The third kappa shape index (κ3) is 7.55. The topological polar surface area (TPSA) is 65.0 Å². The lowest BCUT2D eigenvalue weighted by Crippen LogP contribution is -2.26. The first kappa shape index (κ1) is 29.3. The zero-order chi connectivity index (χ0) is 29.3. The zero-order valence-electron chi connectivity index (χ0n) is 24.3. The van der Waals surface area contributed by atoms with E-state index >= 15 is 0 Å². The summed E-state index contributed by atoms with van der Waals surface area (Å²) in [6, 6.07) is 31.3. The molecule has 0 spiro atoms. The highest BCUT2D eigenvalue weighted by Gasteiger charge is 2.23. The van der Waals surface area contributed by atoms with Crippen molar-refractivity contribution in [2.24, 2.45) is 0 Å². The van der Waals surface area contributed by atoms with E-state index in [1.165, 1.54) is 27.8 Å². The molecule has 0 saturated carbocycles. The maximum absolute atomic E-state index is 11.4. The van der Waals surface area contributed by atoms with Gasteiger partial charge in [0.25, 0.3) is 0 Å². The molecular weight excluding hydrogens is 524 g/mol. The summed E-state index contributed by atoms with van der Waals surface area (Å²) in [5.41, 5.74) is 9.42. The van der Waals surface area contributed by atoms with Gasteiger partial charge < -0.3 is 19.3 Å². The van der Waals surface area contributed by atoms with Crippen molar-refractivity contribution < 1.29 is 24.1 Å². The van der Waals surface area contributed by atoms with Crippen LogP contribution in [0.1, 0.15) is 57.5 Å². The van der Waals surface area contributed by atoms with Crippen LogP contribution in [0, 0.1) is 6.92 Å². The number of carbonyl (C=O) groups is 1. The molecule has 4 aromatic carbocycles. The number of aliphatic carboxylic acids is 1. The van der Waals surface area contributed by atoms with E-state index in [1.807, 2.05) is 24.3 Å². The second kappa shape index (κ2) is 14.1. The number of hydrogen-bond donors (Lipinski definition) is 1. The van der Waals surface area contributed by atoms with E-state index in [0.717, 1.165) is 29.5 Å². The van der Waals surface area contributed by atoms with Gasteiger partial charge in [0.15, 0.2) is 6.10 Å². The zero-order valence-corrected chi connectivity index (χ0v) is 24.3. The van der Waals surface area contributed by atoms with Gasteiger partial charge in [-0.05, 0) is 77.8 Å². The lowest BCUT2D eigenvalue weighted by Gasteiger charge is -2.22. The Bertz CT molecular complexity index is 1510. The Morgan fingerprint density at radius 3 is 2.17 bits per heavy atom. The third-order valence-corrected chi connectivity index (χ3v) is 7.57. The normalized spacial score (nSPS) is 14.5. The van der Waals surface area contributed by atoms with Crippen molar-refractivity contribution in [1.82, 2.24) is 0 Å². The number of ether oxygens (including phenoxy) is 3. The molecule has 2 unspecified atom stereocenters. The van der Waals surface area contributed by atoms with E-state index in [-0.39, 0.29) is 6.10 Å². The highest BCUT2D eigenvalue weighted by atomic mass is 16.5. The van der Waals surface area contributed by atoms with Crippen molar-refractivity contribution in [2.45, 2.75) is 45.3 Å². The van der Waals surface area contributed by atoms with Gasteiger partial charge in [0.1, 0.15) is 18.5 Å². The van der Waals surface area contributed by atoms with E-state index in [1.54, 1.807) is 6.92 Å². The molecule has 1 aliphatic carbocycles. The first-order valence-electron chi connectivity index (χ1n) is 14.6. The minimum atomic E-state index is -0.954. The molecule has 0 aromatic heterocycles. The summed E-state index contributed by atoms with van der Waals surface area (Å²) in [6.07, 6.45) is 5.66. The first-order valence-corrected chi connectivity index (χ1v) is 14.6. The van der Waals surface area contributed by atoms with Crippen LogP contribution in [0.25, 0.3) is 12.2 Å². The molecule has 5 rings (SSSR count). The van der Waals surface area contributed by atoms with Crippen molar-refractivity contribution >= 4 is 18.1 Å². The summed E-state index contributed by atoms with van der Waals surface area (Å²) in [5, 5.41) is 9.34. The van der Waals surface area contributed by atoms with Crippen LogP contribution in [0.4, 0.5) is 0 Å². The lowest BCUT2D eigenvalue weighted by atomic mass is 9.93. The molecule has 42 heavy (non-hydrogen) atoms. The molecular formula is C37H38O5. The summed E-state index contributed by atoms with van der Waals surface area (Å²) in [7, 11) is 0. The molecule has 0 fully saturated rings. The van der Waals surface area contributed by atoms with E-state index in [9.17, 15) is 9.90 Å². The molecule has 0 heterocycles. The number of fused-ring (bicyclic) bond motifs is 2. The Morgan fingerprint density at radius 1 is 0.786 bits per heavy atom. The number of aryl methyl sites for hydroxylation is 3. The fraction of sp³-hybridized carbons (Fsp3) is 0.270. The van der Waals surface area contributed by atoms with Crippen molar-refractivity contribution in [3.63, 3.8) is 0 Å². The van der Waals surface area contributed by atoms with Crippen LogP contribution >= 0.6 is 0 Å². The Kier molecular flexibility index (Phi) is 9.86. The molecule has 4 aromatic rings. The van der Waals surface area contributed by atoms with Gasteiger partial charge in [-0.25, -0.2) is 4.79 Å². The standard InChI is InChI=1S/C37H38O5/c1-3-40-35(37(38)39)25-29-12-17-32(18-13-29)41-21-22-42-36-33-19-9-26(2)23-30(33)15-16-31-24-28(14-20-34(31)36)11-10-27-7-5-4-6-8-27/h4-9,12-20,23-24,35-36H,3,10-11,21-22,25H2,1-2H3,(H,38,39). The monoisotopic (exact) mass is 562 g/mol. The van der Waals surface area contributed by atoms with Crippen LogP contribution in [0.15, 0.2) is 91.0 Å². The molecule has 0 aliphatic heterocycles. The number of benzene rings is 4. The smallest absolute Gasteiger partial charge is 0.333 e. The molecule has 0 bridgehead atoms. The quantitative estimate of drug-likeness (QED) is 0.171. The Morgan fingerprint density at radius 2 is 1.45 bits per heavy atom. The highest BCUT2D eigenvalue weighted by Crippen LogP contribution is 2.36. The molecule has 0 amide bonds. The van der Waals surface area contributed by atoms with Crippen molar-refractivity contribution in [3.05, 3.63) is 136 Å². The molecule has 216 valence electrons. The Labute approximate surface area is 248 Å². The van der Waals surface area contributed by atoms with Gasteiger partial charge in [0.2, 0.25) is 0 Å². The minimum absolute atomic E-state index is 0.203. The Hall–Kier alpha value is -4.19. The molecule has 5 nitrogen and oxygen atoms in total. The fourth-order valence-electron chi connectivity index (χ4n) is 5.38. The van der Waals surface area contributed by atoms with Crippen molar-refractivity contribution in [3.8, 4) is 5.75 Å².